The molecule has 1 aromatic heterocycles. The lowest BCUT2D eigenvalue weighted by Crippen LogP contribution is -2.41. The lowest BCUT2D eigenvalue weighted by Gasteiger charge is -2.29. The van der Waals surface area contributed by atoms with Crippen molar-refractivity contribution in [1.82, 2.24) is 5.32 Å². The molecule has 0 atom stereocenters. The van der Waals surface area contributed by atoms with Gasteiger partial charge in [0.25, 0.3) is 5.91 Å². The number of nitrogens with zero attached hydrogens (tertiary/aromatic N) is 1. The molecule has 3 amide bonds. The maximum Gasteiger partial charge on any atom is 0.313 e. The summed E-state index contributed by atoms with van der Waals surface area (Å²) >= 11 is 1.42. The number of fused-ring (bicyclic) bond motifs is 1. The topological polar surface area (TPSA) is 78.5 Å². The maximum atomic E-state index is 12.9. The van der Waals surface area contributed by atoms with Crippen molar-refractivity contribution >= 4 is 40.4 Å². The lowest BCUT2D eigenvalue weighted by molar-refractivity contribution is -0.136. The lowest BCUT2D eigenvalue weighted by atomic mass is 10.0. The van der Waals surface area contributed by atoms with Gasteiger partial charge >= 0.3 is 11.8 Å². The normalized spacial score (nSPS) is 17.0. The fourth-order valence-corrected chi connectivity index (χ4v) is 4.93. The first-order valence-electron chi connectivity index (χ1n) is 10.7. The van der Waals surface area contributed by atoms with Crippen molar-refractivity contribution in [2.24, 2.45) is 0 Å². The van der Waals surface area contributed by atoms with Gasteiger partial charge in [-0.3, -0.25) is 14.4 Å². The number of carbonyl (C=O) groups excluding carboxylic acids is 3. The number of hydrogen-bond acceptors (Lipinski definition) is 4. The van der Waals surface area contributed by atoms with Crippen molar-refractivity contribution in [3.8, 4) is 0 Å². The van der Waals surface area contributed by atoms with Gasteiger partial charge in [0.15, 0.2) is 0 Å². The first-order chi connectivity index (χ1) is 14.6. The fraction of sp³-hybridized carbons (Fsp3) is 0.435. The average Bonchev–Trinajstić information content (AvgIpc) is 3.18. The second kappa shape index (κ2) is 9.43. The number of hydrogen-bond donors (Lipinski definition) is 2. The van der Waals surface area contributed by atoms with Crippen LogP contribution in [0.4, 0.5) is 11.4 Å². The number of thiophene rings is 1. The Hall–Kier alpha value is -2.67. The van der Waals surface area contributed by atoms with E-state index in [2.05, 4.69) is 10.6 Å². The summed E-state index contributed by atoms with van der Waals surface area (Å²) in [6.45, 7) is 0.642. The highest BCUT2D eigenvalue weighted by atomic mass is 32.1. The molecule has 2 aromatic rings. The van der Waals surface area contributed by atoms with Crippen LogP contribution in [0.3, 0.4) is 0 Å². The van der Waals surface area contributed by atoms with Crippen LogP contribution in [0.1, 0.15) is 60.2 Å². The number of rotatable bonds is 3. The molecule has 1 saturated carbocycles. The molecule has 1 aromatic carbocycles. The summed E-state index contributed by atoms with van der Waals surface area (Å²) in [5.41, 5.74) is 2.41. The van der Waals surface area contributed by atoms with E-state index in [0.717, 1.165) is 49.8 Å². The van der Waals surface area contributed by atoms with Gasteiger partial charge < -0.3 is 15.5 Å². The van der Waals surface area contributed by atoms with Crippen LogP contribution in [-0.2, 0) is 16.0 Å². The van der Waals surface area contributed by atoms with Gasteiger partial charge in [-0.1, -0.05) is 37.8 Å². The third-order valence-electron chi connectivity index (χ3n) is 5.84. The molecule has 0 unspecified atom stereocenters. The molecule has 0 radical (unpaired) electrons. The van der Waals surface area contributed by atoms with E-state index in [1.54, 1.807) is 17.0 Å². The highest BCUT2D eigenvalue weighted by Gasteiger charge is 2.25. The standard InChI is InChI=1S/C23H27N3O3S/c27-21(24-17-8-3-1-2-4-9-17)22(28)25-18-12-11-16-7-5-13-26(19(16)15-18)23(29)20-10-6-14-30-20/h6,10-12,14-15,17H,1-5,7-9,13H2,(H,24,27)(H,25,28). The molecular weight excluding hydrogens is 398 g/mol. The zero-order chi connectivity index (χ0) is 20.9. The minimum atomic E-state index is -0.661. The van der Waals surface area contributed by atoms with E-state index in [-0.39, 0.29) is 11.9 Å². The summed E-state index contributed by atoms with van der Waals surface area (Å²) in [7, 11) is 0. The monoisotopic (exact) mass is 425 g/mol. The molecule has 6 nitrogen and oxygen atoms in total. The van der Waals surface area contributed by atoms with Crippen molar-refractivity contribution in [1.29, 1.82) is 0 Å². The molecule has 1 aliphatic carbocycles. The van der Waals surface area contributed by atoms with Crippen LogP contribution in [0.25, 0.3) is 0 Å². The number of aryl methyl sites for hydroxylation is 1. The first-order valence-corrected chi connectivity index (χ1v) is 11.6. The van der Waals surface area contributed by atoms with E-state index in [1.165, 1.54) is 24.2 Å². The van der Waals surface area contributed by atoms with Gasteiger partial charge in [0, 0.05) is 24.0 Å². The number of anilines is 2. The molecule has 2 heterocycles. The van der Waals surface area contributed by atoms with Crippen LogP contribution in [-0.4, -0.2) is 30.3 Å². The number of carbonyl (C=O) groups is 3. The molecular formula is C23H27N3O3S. The Kier molecular flexibility index (Phi) is 6.47. The third kappa shape index (κ3) is 4.73. The second-order valence-electron chi connectivity index (χ2n) is 8.00. The smallest absolute Gasteiger partial charge is 0.313 e. The van der Waals surface area contributed by atoms with E-state index < -0.39 is 11.8 Å². The molecule has 158 valence electrons. The van der Waals surface area contributed by atoms with Crippen LogP contribution >= 0.6 is 11.3 Å². The predicted octanol–water partition coefficient (Wildman–Crippen LogP) is 4.12. The predicted molar refractivity (Wildman–Crippen MR) is 119 cm³/mol. The van der Waals surface area contributed by atoms with Crippen LogP contribution < -0.4 is 15.5 Å². The van der Waals surface area contributed by atoms with E-state index >= 15 is 0 Å². The number of amides is 3. The first kappa shape index (κ1) is 20.6. The Bertz CT molecular complexity index is 918. The largest absolute Gasteiger partial charge is 0.345 e. The Morgan fingerprint density at radius 3 is 2.50 bits per heavy atom. The molecule has 7 heteroatoms. The van der Waals surface area contributed by atoms with Gasteiger partial charge in [-0.15, -0.1) is 11.3 Å². The highest BCUT2D eigenvalue weighted by molar-refractivity contribution is 7.12. The summed E-state index contributed by atoms with van der Waals surface area (Å²) in [5.74, 6) is -1.28. The summed E-state index contributed by atoms with van der Waals surface area (Å²) in [4.78, 5) is 40.2. The number of nitrogens with one attached hydrogen (secondary N) is 2. The Morgan fingerprint density at radius 1 is 0.967 bits per heavy atom. The maximum absolute atomic E-state index is 12.9. The minimum Gasteiger partial charge on any atom is -0.345 e. The molecule has 2 aliphatic rings. The highest BCUT2D eigenvalue weighted by Crippen LogP contribution is 2.32. The summed E-state index contributed by atoms with van der Waals surface area (Å²) < 4.78 is 0. The number of benzene rings is 1. The van der Waals surface area contributed by atoms with Crippen molar-refractivity contribution in [2.45, 2.75) is 57.4 Å². The quantitative estimate of drug-likeness (QED) is 0.574. The molecule has 30 heavy (non-hydrogen) atoms. The van der Waals surface area contributed by atoms with Gasteiger partial charge in [-0.05, 0) is 54.8 Å². The minimum absolute atomic E-state index is 0.0273. The summed E-state index contributed by atoms with van der Waals surface area (Å²) in [6, 6.07) is 9.30. The second-order valence-corrected chi connectivity index (χ2v) is 8.94. The molecule has 4 rings (SSSR count). The van der Waals surface area contributed by atoms with Gasteiger partial charge in [-0.25, -0.2) is 0 Å². The summed E-state index contributed by atoms with van der Waals surface area (Å²) in [5, 5.41) is 7.47. The molecule has 1 aliphatic heterocycles. The van der Waals surface area contributed by atoms with Crippen LogP contribution in [0.15, 0.2) is 35.7 Å². The van der Waals surface area contributed by atoms with Crippen LogP contribution in [0.5, 0.6) is 0 Å². The van der Waals surface area contributed by atoms with E-state index in [0.29, 0.717) is 17.1 Å². The van der Waals surface area contributed by atoms with Crippen molar-refractivity contribution in [3.05, 3.63) is 46.2 Å². The fourth-order valence-electron chi connectivity index (χ4n) is 4.26. The Morgan fingerprint density at radius 2 is 1.77 bits per heavy atom. The summed E-state index contributed by atoms with van der Waals surface area (Å²) in [6.07, 6.45) is 8.20. The molecule has 0 saturated heterocycles. The van der Waals surface area contributed by atoms with Crippen molar-refractivity contribution in [2.75, 3.05) is 16.8 Å². The van der Waals surface area contributed by atoms with E-state index in [4.69, 9.17) is 0 Å². The molecule has 1 fully saturated rings. The van der Waals surface area contributed by atoms with Crippen molar-refractivity contribution in [3.63, 3.8) is 0 Å². The molecule has 0 bridgehead atoms. The van der Waals surface area contributed by atoms with Gasteiger partial charge in [0.1, 0.15) is 0 Å². The molecule has 2 N–H and O–H groups in total. The van der Waals surface area contributed by atoms with Crippen molar-refractivity contribution < 1.29 is 14.4 Å². The Labute approximate surface area is 180 Å². The zero-order valence-corrected chi connectivity index (χ0v) is 17.8. The van der Waals surface area contributed by atoms with Gasteiger partial charge in [0.2, 0.25) is 0 Å². The third-order valence-corrected chi connectivity index (χ3v) is 6.69. The Balaban J connectivity index is 1.45. The average molecular weight is 426 g/mol. The van der Waals surface area contributed by atoms with Crippen LogP contribution in [0.2, 0.25) is 0 Å². The van der Waals surface area contributed by atoms with E-state index in [9.17, 15) is 14.4 Å². The molecule has 0 spiro atoms. The SMILES string of the molecule is O=C(Nc1ccc2c(c1)N(C(=O)c1cccs1)CCC2)C(=O)NC1CCCCCC1. The van der Waals surface area contributed by atoms with Gasteiger partial charge in [0.05, 0.1) is 4.88 Å². The van der Waals surface area contributed by atoms with Crippen LogP contribution in [0, 0.1) is 0 Å². The van der Waals surface area contributed by atoms with E-state index in [1.807, 2.05) is 23.6 Å². The van der Waals surface area contributed by atoms with Gasteiger partial charge in [-0.2, -0.15) is 0 Å². The zero-order valence-electron chi connectivity index (χ0n) is 17.0.